The summed E-state index contributed by atoms with van der Waals surface area (Å²) in [7, 11) is -3.25. The second-order valence-corrected chi connectivity index (χ2v) is 7.62. The first-order chi connectivity index (χ1) is 6.77. The van der Waals surface area contributed by atoms with Crippen LogP contribution in [0.5, 0.6) is 0 Å². The van der Waals surface area contributed by atoms with Crippen molar-refractivity contribution in [3.63, 3.8) is 0 Å². The minimum Gasteiger partial charge on any atom is -0.371 e. The van der Waals surface area contributed by atoms with Crippen molar-refractivity contribution in [1.82, 2.24) is 4.72 Å². The van der Waals surface area contributed by atoms with Crippen LogP contribution in [0.3, 0.4) is 0 Å². The molecule has 0 bridgehead atoms. The lowest BCUT2D eigenvalue weighted by atomic mass is 9.82. The molecule has 2 fully saturated rings. The zero-order valence-corrected chi connectivity index (χ0v) is 10.4. The molecule has 1 aliphatic carbocycles. The minimum atomic E-state index is -3.25. The van der Waals surface area contributed by atoms with Gasteiger partial charge >= 0.3 is 0 Å². The Morgan fingerprint density at radius 2 is 1.87 bits per heavy atom. The molecule has 4 nitrogen and oxygen atoms in total. The zero-order chi connectivity index (χ0) is 11.3. The van der Waals surface area contributed by atoms with Crippen molar-refractivity contribution < 1.29 is 13.2 Å². The van der Waals surface area contributed by atoms with E-state index in [1.165, 1.54) is 0 Å². The third kappa shape index (κ3) is 1.92. The van der Waals surface area contributed by atoms with Crippen molar-refractivity contribution in [3.8, 4) is 0 Å². The van der Waals surface area contributed by atoms with E-state index in [1.54, 1.807) is 0 Å². The number of hydrogen-bond donors (Lipinski definition) is 1. The molecular formula is C10H19NO3S. The van der Waals surface area contributed by atoms with E-state index in [4.69, 9.17) is 4.74 Å². The summed E-state index contributed by atoms with van der Waals surface area (Å²) < 4.78 is 31.8. The Labute approximate surface area is 91.4 Å². The first-order valence-electron chi connectivity index (χ1n) is 5.42. The van der Waals surface area contributed by atoms with Gasteiger partial charge in [-0.15, -0.1) is 0 Å². The number of sulfonamides is 1. The molecule has 15 heavy (non-hydrogen) atoms. The molecule has 2 aliphatic rings. The molecule has 1 unspecified atom stereocenters. The molecule has 1 atom stereocenters. The summed E-state index contributed by atoms with van der Waals surface area (Å²) in [6.45, 7) is 6.20. The maximum Gasteiger partial charge on any atom is 0.220 e. The fourth-order valence-electron chi connectivity index (χ4n) is 2.15. The van der Waals surface area contributed by atoms with Gasteiger partial charge in [0.2, 0.25) is 10.0 Å². The van der Waals surface area contributed by atoms with Crippen LogP contribution in [0.25, 0.3) is 0 Å². The van der Waals surface area contributed by atoms with E-state index in [9.17, 15) is 8.42 Å². The van der Waals surface area contributed by atoms with Crippen molar-refractivity contribution in [3.05, 3.63) is 0 Å². The van der Waals surface area contributed by atoms with Crippen LogP contribution in [0, 0.1) is 0 Å². The summed E-state index contributed by atoms with van der Waals surface area (Å²) in [6, 6.07) is 0. The molecule has 2 rings (SSSR count). The molecular weight excluding hydrogens is 214 g/mol. The van der Waals surface area contributed by atoms with Crippen LogP contribution in [-0.4, -0.2) is 31.4 Å². The van der Waals surface area contributed by atoms with Gasteiger partial charge < -0.3 is 4.74 Å². The number of rotatable bonds is 3. The highest BCUT2D eigenvalue weighted by atomic mass is 32.2. The molecule has 88 valence electrons. The second kappa shape index (κ2) is 3.18. The van der Waals surface area contributed by atoms with Crippen LogP contribution in [0.15, 0.2) is 0 Å². The lowest BCUT2D eigenvalue weighted by Crippen LogP contribution is -2.58. The van der Waals surface area contributed by atoms with Crippen LogP contribution in [0.1, 0.15) is 40.0 Å². The maximum absolute atomic E-state index is 12.2. The van der Waals surface area contributed by atoms with Gasteiger partial charge in [0, 0.05) is 5.54 Å². The quantitative estimate of drug-likeness (QED) is 0.741. The Morgan fingerprint density at radius 1 is 1.33 bits per heavy atom. The van der Waals surface area contributed by atoms with Crippen LogP contribution >= 0.6 is 0 Å². The Balaban J connectivity index is 2.20. The zero-order valence-electron chi connectivity index (χ0n) is 9.54. The molecule has 1 saturated heterocycles. The summed E-state index contributed by atoms with van der Waals surface area (Å²) in [5, 5.41) is 0. The highest BCUT2D eigenvalue weighted by Crippen LogP contribution is 2.47. The molecule has 0 amide bonds. The van der Waals surface area contributed by atoms with E-state index in [-0.39, 0.29) is 6.10 Å². The van der Waals surface area contributed by atoms with Crippen molar-refractivity contribution in [1.29, 1.82) is 0 Å². The topological polar surface area (TPSA) is 58.7 Å². The Kier molecular flexibility index (Phi) is 2.41. The van der Waals surface area contributed by atoms with Gasteiger partial charge in [0.25, 0.3) is 0 Å². The number of hydrogen-bond acceptors (Lipinski definition) is 3. The summed E-state index contributed by atoms with van der Waals surface area (Å²) in [5.41, 5.74) is -0.406. The predicted molar refractivity (Wildman–Crippen MR) is 58.1 cm³/mol. The minimum absolute atomic E-state index is 0.0638. The average molecular weight is 233 g/mol. The van der Waals surface area contributed by atoms with E-state index in [0.29, 0.717) is 6.61 Å². The highest BCUT2D eigenvalue weighted by Gasteiger charge is 2.60. The van der Waals surface area contributed by atoms with Crippen LogP contribution in [0.4, 0.5) is 0 Å². The molecule has 0 aromatic carbocycles. The maximum atomic E-state index is 12.2. The van der Waals surface area contributed by atoms with Crippen LogP contribution in [0.2, 0.25) is 0 Å². The molecule has 5 heteroatoms. The van der Waals surface area contributed by atoms with Gasteiger partial charge in [0.15, 0.2) is 0 Å². The van der Waals surface area contributed by atoms with Gasteiger partial charge in [-0.05, 0) is 40.0 Å². The van der Waals surface area contributed by atoms with Crippen molar-refractivity contribution in [2.75, 3.05) is 6.61 Å². The van der Waals surface area contributed by atoms with E-state index in [0.717, 1.165) is 19.3 Å². The van der Waals surface area contributed by atoms with Crippen LogP contribution < -0.4 is 4.72 Å². The van der Waals surface area contributed by atoms with Crippen molar-refractivity contribution >= 4 is 10.0 Å². The van der Waals surface area contributed by atoms with Gasteiger partial charge in [0.05, 0.1) is 6.61 Å². The van der Waals surface area contributed by atoms with E-state index in [2.05, 4.69) is 4.72 Å². The molecule has 1 heterocycles. The Hall–Kier alpha value is -0.130. The molecule has 1 aliphatic heterocycles. The fourth-order valence-corrected chi connectivity index (χ4v) is 4.46. The molecule has 0 spiro atoms. The normalized spacial score (nSPS) is 29.7. The van der Waals surface area contributed by atoms with Crippen molar-refractivity contribution in [2.45, 2.75) is 56.4 Å². The predicted octanol–water partition coefficient (Wildman–Crippen LogP) is 1.03. The molecule has 0 aromatic rings. The standard InChI is InChI=1S/C10H19NO3S/c1-9(2,3)11-15(12,13)10(5-4-6-10)8-7-14-8/h8,11H,4-7H2,1-3H3. The van der Waals surface area contributed by atoms with Gasteiger partial charge in [-0.1, -0.05) is 0 Å². The van der Waals surface area contributed by atoms with E-state index in [1.807, 2.05) is 20.8 Å². The first kappa shape index (κ1) is 11.4. The smallest absolute Gasteiger partial charge is 0.220 e. The Bertz CT molecular complexity index is 347. The summed E-state index contributed by atoms with van der Waals surface area (Å²) in [4.78, 5) is 0. The first-order valence-corrected chi connectivity index (χ1v) is 6.90. The van der Waals surface area contributed by atoms with E-state index >= 15 is 0 Å². The van der Waals surface area contributed by atoms with Crippen molar-refractivity contribution in [2.24, 2.45) is 0 Å². The lowest BCUT2D eigenvalue weighted by molar-refractivity contribution is 0.248. The highest BCUT2D eigenvalue weighted by molar-refractivity contribution is 7.91. The summed E-state index contributed by atoms with van der Waals surface area (Å²) in [6.07, 6.45) is 2.41. The van der Waals surface area contributed by atoms with Gasteiger partial charge in [0.1, 0.15) is 10.9 Å². The van der Waals surface area contributed by atoms with Gasteiger partial charge in [-0.2, -0.15) is 0 Å². The third-order valence-corrected chi connectivity index (χ3v) is 5.72. The average Bonchev–Trinajstić information content (AvgIpc) is 2.59. The lowest BCUT2D eigenvalue weighted by Gasteiger charge is -2.41. The van der Waals surface area contributed by atoms with Gasteiger partial charge in [-0.3, -0.25) is 0 Å². The van der Waals surface area contributed by atoms with Gasteiger partial charge in [-0.25, -0.2) is 13.1 Å². The summed E-state index contributed by atoms with van der Waals surface area (Å²) in [5.74, 6) is 0. The summed E-state index contributed by atoms with van der Waals surface area (Å²) >= 11 is 0. The molecule has 0 radical (unpaired) electrons. The second-order valence-electron chi connectivity index (χ2n) is 5.60. The number of ether oxygens (including phenoxy) is 1. The SMILES string of the molecule is CC(C)(C)NS(=O)(=O)C1(C2CO2)CCC1. The number of nitrogens with one attached hydrogen (secondary N) is 1. The molecule has 0 aromatic heterocycles. The Morgan fingerprint density at radius 3 is 2.13 bits per heavy atom. The fraction of sp³-hybridized carbons (Fsp3) is 1.00. The number of epoxide rings is 1. The molecule has 1 N–H and O–H groups in total. The van der Waals surface area contributed by atoms with Crippen LogP contribution in [-0.2, 0) is 14.8 Å². The monoisotopic (exact) mass is 233 g/mol. The third-order valence-electron chi connectivity index (χ3n) is 3.10. The largest absolute Gasteiger partial charge is 0.371 e. The van der Waals surface area contributed by atoms with E-state index < -0.39 is 20.3 Å². The molecule has 1 saturated carbocycles.